The van der Waals surface area contributed by atoms with Gasteiger partial charge in [-0.3, -0.25) is 15.0 Å². The van der Waals surface area contributed by atoms with Crippen LogP contribution in [0, 0.1) is 12.3 Å². The molecular formula is C17H20N4O. The summed E-state index contributed by atoms with van der Waals surface area (Å²) in [6, 6.07) is 1.96. The first-order valence-electron chi connectivity index (χ1n) is 7.74. The highest BCUT2D eigenvalue weighted by atomic mass is 16.1. The number of hydrogen-bond acceptors (Lipinski definition) is 3. The molecule has 4 rings (SSSR count). The second-order valence-electron chi connectivity index (χ2n) is 7.29. The van der Waals surface area contributed by atoms with Gasteiger partial charge in [0.2, 0.25) is 0 Å². The fourth-order valence-corrected chi connectivity index (χ4v) is 4.08. The molecule has 0 saturated carbocycles. The molecule has 0 aliphatic heterocycles. The van der Waals surface area contributed by atoms with E-state index in [-0.39, 0.29) is 17.1 Å². The number of carbonyl (C=O) groups is 1. The van der Waals surface area contributed by atoms with Crippen molar-refractivity contribution in [2.75, 3.05) is 0 Å². The van der Waals surface area contributed by atoms with Crippen molar-refractivity contribution >= 4 is 5.78 Å². The molecule has 0 fully saturated rings. The first-order chi connectivity index (χ1) is 10.5. The van der Waals surface area contributed by atoms with E-state index in [1.54, 1.807) is 6.20 Å². The van der Waals surface area contributed by atoms with Gasteiger partial charge in [0.15, 0.2) is 5.78 Å². The summed E-state index contributed by atoms with van der Waals surface area (Å²) in [7, 11) is 0. The van der Waals surface area contributed by atoms with Crippen LogP contribution in [0.2, 0.25) is 0 Å². The smallest absolute Gasteiger partial charge is 0.160 e. The van der Waals surface area contributed by atoms with Crippen LogP contribution in [0.25, 0.3) is 0 Å². The van der Waals surface area contributed by atoms with Crippen LogP contribution in [-0.4, -0.2) is 26.2 Å². The Hall–Kier alpha value is -2.17. The molecule has 5 heteroatoms. The normalized spacial score (nSPS) is 23.4. The van der Waals surface area contributed by atoms with Crippen molar-refractivity contribution < 1.29 is 4.79 Å². The molecule has 0 spiro atoms. The van der Waals surface area contributed by atoms with Gasteiger partial charge in [0.1, 0.15) is 0 Å². The van der Waals surface area contributed by atoms with Crippen LogP contribution < -0.4 is 0 Å². The van der Waals surface area contributed by atoms with Crippen molar-refractivity contribution in [1.29, 1.82) is 0 Å². The second kappa shape index (κ2) is 4.41. The van der Waals surface area contributed by atoms with Crippen molar-refractivity contribution in [2.24, 2.45) is 5.41 Å². The highest BCUT2D eigenvalue weighted by molar-refractivity contribution is 6.00. The maximum absolute atomic E-state index is 12.9. The molecule has 0 radical (unpaired) electrons. The summed E-state index contributed by atoms with van der Waals surface area (Å²) < 4.78 is 0. The number of nitrogens with zero attached hydrogens (tertiary/aromatic N) is 2. The van der Waals surface area contributed by atoms with Crippen molar-refractivity contribution in [3.63, 3.8) is 0 Å². The quantitative estimate of drug-likeness (QED) is 0.849. The average Bonchev–Trinajstić information content (AvgIpc) is 3.05. The van der Waals surface area contributed by atoms with Gasteiger partial charge in [0.05, 0.1) is 11.6 Å². The zero-order valence-electron chi connectivity index (χ0n) is 13.2. The topological polar surface area (TPSA) is 74.4 Å². The molecule has 2 heterocycles. The number of ketones is 1. The third kappa shape index (κ3) is 1.88. The Morgan fingerprint density at radius 1 is 1.27 bits per heavy atom. The van der Waals surface area contributed by atoms with Crippen LogP contribution >= 0.6 is 0 Å². The summed E-state index contributed by atoms with van der Waals surface area (Å²) in [5.74, 6) is 0.223. The fourth-order valence-electron chi connectivity index (χ4n) is 4.08. The molecule has 5 nitrogen and oxygen atoms in total. The molecule has 1 unspecified atom stereocenters. The van der Waals surface area contributed by atoms with Crippen LogP contribution in [0.4, 0.5) is 0 Å². The van der Waals surface area contributed by atoms with Crippen molar-refractivity contribution in [1.82, 2.24) is 20.4 Å². The molecule has 0 bridgehead atoms. The number of aromatic nitrogens is 4. The van der Waals surface area contributed by atoms with Gasteiger partial charge in [-0.15, -0.1) is 0 Å². The van der Waals surface area contributed by atoms with Gasteiger partial charge < -0.3 is 0 Å². The molecule has 2 aliphatic carbocycles. The third-order valence-corrected chi connectivity index (χ3v) is 4.88. The van der Waals surface area contributed by atoms with Gasteiger partial charge in [0.25, 0.3) is 0 Å². The van der Waals surface area contributed by atoms with E-state index in [1.165, 1.54) is 5.57 Å². The predicted octanol–water partition coefficient (Wildman–Crippen LogP) is 2.81. The first kappa shape index (κ1) is 13.5. The van der Waals surface area contributed by atoms with E-state index in [1.807, 2.05) is 13.0 Å². The Morgan fingerprint density at radius 3 is 2.82 bits per heavy atom. The third-order valence-electron chi connectivity index (χ3n) is 4.88. The predicted molar refractivity (Wildman–Crippen MR) is 82.5 cm³/mol. The summed E-state index contributed by atoms with van der Waals surface area (Å²) in [5, 5.41) is 14.7. The number of H-pyrrole nitrogens is 2. The Morgan fingerprint density at radius 2 is 2.09 bits per heavy atom. The van der Waals surface area contributed by atoms with Crippen LogP contribution in [0.15, 0.2) is 23.4 Å². The number of fused-ring (bicyclic) bond motifs is 1. The summed E-state index contributed by atoms with van der Waals surface area (Å²) in [4.78, 5) is 12.9. The number of hydrogen-bond donors (Lipinski definition) is 2. The molecule has 2 aromatic rings. The zero-order valence-corrected chi connectivity index (χ0v) is 13.2. The van der Waals surface area contributed by atoms with Gasteiger partial charge in [-0.2, -0.15) is 10.2 Å². The number of Topliss-reactive ketones (excluding diaryl/α,β-unsaturated/α-hetero) is 1. The molecular weight excluding hydrogens is 276 g/mol. The molecule has 2 N–H and O–H groups in total. The van der Waals surface area contributed by atoms with Crippen molar-refractivity contribution in [3.05, 3.63) is 46.1 Å². The van der Waals surface area contributed by atoms with Crippen LogP contribution in [0.3, 0.4) is 0 Å². The largest absolute Gasteiger partial charge is 0.294 e. The number of nitrogens with one attached hydrogen (secondary N) is 2. The minimum Gasteiger partial charge on any atom is -0.294 e. The Balaban J connectivity index is 1.94. The molecule has 0 aromatic carbocycles. The second-order valence-corrected chi connectivity index (χ2v) is 7.29. The lowest BCUT2D eigenvalue weighted by Crippen LogP contribution is -2.32. The number of aryl methyl sites for hydroxylation is 1. The van der Waals surface area contributed by atoms with E-state index in [4.69, 9.17) is 0 Å². The molecule has 0 amide bonds. The molecule has 22 heavy (non-hydrogen) atoms. The summed E-state index contributed by atoms with van der Waals surface area (Å²) in [6.45, 7) is 6.37. The Bertz CT molecular complexity index is 780. The number of carbonyl (C=O) groups excluding carboxylic acids is 1. The summed E-state index contributed by atoms with van der Waals surface area (Å²) >= 11 is 0. The summed E-state index contributed by atoms with van der Waals surface area (Å²) in [5.41, 5.74) is 6.50. The number of allylic oxidation sites excluding steroid dienone is 2. The fraction of sp³-hybridized carbons (Fsp3) is 0.471. The Kier molecular flexibility index (Phi) is 2.71. The summed E-state index contributed by atoms with van der Waals surface area (Å²) in [6.07, 6.45) is 4.11. The van der Waals surface area contributed by atoms with E-state index in [9.17, 15) is 4.79 Å². The molecule has 2 aliphatic rings. The monoisotopic (exact) mass is 296 g/mol. The standard InChI is InChI=1S/C17H20N4O/c1-9-14-12(21-19-9)6-10-7-17(2,3)8-13(22)15(10)16(14)11-4-5-18-20-11/h4-5,16H,6-8H2,1-3H3,(H,18,20)(H,19,21). The van der Waals surface area contributed by atoms with Crippen molar-refractivity contribution in [2.45, 2.75) is 46.0 Å². The minimum atomic E-state index is -0.0522. The van der Waals surface area contributed by atoms with E-state index < -0.39 is 0 Å². The maximum Gasteiger partial charge on any atom is 0.160 e. The van der Waals surface area contributed by atoms with Crippen LogP contribution in [0.5, 0.6) is 0 Å². The van der Waals surface area contributed by atoms with Gasteiger partial charge >= 0.3 is 0 Å². The molecule has 0 saturated heterocycles. The van der Waals surface area contributed by atoms with Crippen LogP contribution in [0.1, 0.15) is 55.3 Å². The van der Waals surface area contributed by atoms with E-state index in [2.05, 4.69) is 34.2 Å². The minimum absolute atomic E-state index is 0.0390. The van der Waals surface area contributed by atoms with Gasteiger partial charge in [0, 0.05) is 41.6 Å². The lowest BCUT2D eigenvalue weighted by Gasteiger charge is -2.37. The van der Waals surface area contributed by atoms with Gasteiger partial charge in [-0.1, -0.05) is 19.4 Å². The van der Waals surface area contributed by atoms with Gasteiger partial charge in [-0.25, -0.2) is 0 Å². The molecule has 1 atom stereocenters. The van der Waals surface area contributed by atoms with E-state index >= 15 is 0 Å². The van der Waals surface area contributed by atoms with Crippen molar-refractivity contribution in [3.8, 4) is 0 Å². The molecule has 114 valence electrons. The number of aromatic amines is 2. The van der Waals surface area contributed by atoms with E-state index in [0.717, 1.165) is 41.1 Å². The highest BCUT2D eigenvalue weighted by Gasteiger charge is 2.42. The lowest BCUT2D eigenvalue weighted by molar-refractivity contribution is -0.118. The zero-order chi connectivity index (χ0) is 15.5. The van der Waals surface area contributed by atoms with Gasteiger partial charge in [-0.05, 0) is 24.8 Å². The lowest BCUT2D eigenvalue weighted by atomic mass is 9.65. The first-order valence-corrected chi connectivity index (χ1v) is 7.74. The Labute approximate surface area is 129 Å². The van der Waals surface area contributed by atoms with E-state index in [0.29, 0.717) is 6.42 Å². The SMILES string of the molecule is Cc1[nH]nc2c1C(c1ccn[nH]1)C1=C(C2)CC(C)(C)CC1=O. The maximum atomic E-state index is 12.9. The number of rotatable bonds is 1. The molecule has 2 aromatic heterocycles. The average molecular weight is 296 g/mol. The van der Waals surface area contributed by atoms with Crippen LogP contribution in [-0.2, 0) is 11.2 Å². The highest BCUT2D eigenvalue weighted by Crippen LogP contribution is 2.48.